The highest BCUT2D eigenvalue weighted by Crippen LogP contribution is 2.33. The van der Waals surface area contributed by atoms with Gasteiger partial charge in [0.1, 0.15) is 73.2 Å². The Labute approximate surface area is 402 Å². The number of aliphatic hydroxyl groups excluding tert-OH is 11. The second-order valence-corrected chi connectivity index (χ2v) is 18.3. The fourth-order valence-corrected chi connectivity index (χ4v) is 8.44. The molecular formula is C49H87NO18. The molecule has 68 heavy (non-hydrogen) atoms. The summed E-state index contributed by atoms with van der Waals surface area (Å²) in [5.41, 5.74) is 0. The van der Waals surface area contributed by atoms with E-state index in [-0.39, 0.29) is 18.9 Å². The molecule has 0 aliphatic carbocycles. The number of nitrogens with one attached hydrogen (secondary N) is 1. The average molecular weight is 978 g/mol. The maximum absolute atomic E-state index is 12.6. The van der Waals surface area contributed by atoms with Gasteiger partial charge in [-0.15, -0.1) is 0 Å². The van der Waals surface area contributed by atoms with Crippen LogP contribution in [0.3, 0.4) is 0 Å². The number of unbranched alkanes of at least 4 members (excludes halogenated alkanes) is 14. The SMILES string of the molecule is CCCCCCCCCCCCCC/C=C/CC/C=C/CC/C=C/C(O)C(COC1OC(CO)C(OC2OC(CO)C(OC3OC(CO)C(O)C(O)C3O)C(O)C2O)C(O)C1O)NC(=O)CCC. The topological polar surface area (TPSA) is 307 Å². The molecule has 0 aromatic heterocycles. The van der Waals surface area contributed by atoms with Crippen molar-refractivity contribution in [1.82, 2.24) is 5.32 Å². The summed E-state index contributed by atoms with van der Waals surface area (Å²) in [4.78, 5) is 12.6. The number of carbonyl (C=O) groups excluding carboxylic acids is 1. The van der Waals surface area contributed by atoms with Crippen LogP contribution in [-0.2, 0) is 33.2 Å². The van der Waals surface area contributed by atoms with Crippen LogP contribution >= 0.6 is 0 Å². The highest BCUT2D eigenvalue weighted by molar-refractivity contribution is 5.76. The zero-order valence-electron chi connectivity index (χ0n) is 40.3. The Hall–Kier alpha value is -1.99. The number of amides is 1. The molecular weight excluding hydrogens is 891 g/mol. The number of aliphatic hydroxyl groups is 11. The summed E-state index contributed by atoms with van der Waals surface area (Å²) in [5, 5.41) is 118. The van der Waals surface area contributed by atoms with E-state index in [9.17, 15) is 61.0 Å². The van der Waals surface area contributed by atoms with Gasteiger partial charge in [-0.05, 0) is 44.9 Å². The lowest BCUT2D eigenvalue weighted by Gasteiger charge is -2.48. The molecule has 0 spiro atoms. The molecule has 12 N–H and O–H groups in total. The third kappa shape index (κ3) is 20.3. The van der Waals surface area contributed by atoms with Crippen LogP contribution in [0, 0.1) is 0 Å². The Morgan fingerprint density at radius 3 is 1.44 bits per heavy atom. The number of hydrogen-bond acceptors (Lipinski definition) is 18. The maximum atomic E-state index is 12.6. The lowest BCUT2D eigenvalue weighted by atomic mass is 9.96. The van der Waals surface area contributed by atoms with E-state index in [4.69, 9.17) is 28.4 Å². The summed E-state index contributed by atoms with van der Waals surface area (Å²) in [6.07, 6.45) is 6.54. The molecule has 1 amide bonds. The van der Waals surface area contributed by atoms with E-state index in [0.29, 0.717) is 12.8 Å². The van der Waals surface area contributed by atoms with E-state index in [1.54, 1.807) is 12.2 Å². The van der Waals surface area contributed by atoms with Gasteiger partial charge < -0.3 is 89.9 Å². The first-order chi connectivity index (χ1) is 32.8. The largest absolute Gasteiger partial charge is 0.394 e. The first-order valence-corrected chi connectivity index (χ1v) is 25.2. The summed E-state index contributed by atoms with van der Waals surface area (Å²) in [6, 6.07) is -0.988. The number of carbonyl (C=O) groups is 1. The van der Waals surface area contributed by atoms with Crippen molar-refractivity contribution in [3.05, 3.63) is 36.5 Å². The Morgan fingerprint density at radius 2 is 0.941 bits per heavy atom. The van der Waals surface area contributed by atoms with E-state index in [0.717, 1.165) is 25.7 Å². The molecule has 19 nitrogen and oxygen atoms in total. The molecule has 0 aromatic carbocycles. The summed E-state index contributed by atoms with van der Waals surface area (Å²) >= 11 is 0. The predicted octanol–water partition coefficient (Wildman–Crippen LogP) is 1.42. The quantitative estimate of drug-likeness (QED) is 0.0321. The normalized spacial score (nSPS) is 33.5. The van der Waals surface area contributed by atoms with Gasteiger partial charge in [0.25, 0.3) is 0 Å². The van der Waals surface area contributed by atoms with E-state index >= 15 is 0 Å². The van der Waals surface area contributed by atoms with Crippen LogP contribution in [0.1, 0.15) is 136 Å². The minimum atomic E-state index is -1.98. The highest BCUT2D eigenvalue weighted by Gasteiger charge is 2.53. The standard InChI is InChI=1S/C49H87NO18/c1-3-5-6-7-8-9-10-11-12-13-14-15-16-17-18-19-20-21-22-23-24-25-27-33(54)32(50-37(55)26-4-2)31-63-47-43(61)40(58)45(35(29-52)65-47)68-49-44(62)41(59)46(36(30-53)66-49)67-48-42(60)39(57)38(56)34(28-51)64-48/h17-18,21-22,25,27,32-36,38-49,51-54,56-62H,3-16,19-20,23-24,26,28-31H2,1-2H3,(H,50,55)/b18-17+,22-21+,27-25+. The van der Waals surface area contributed by atoms with Gasteiger partial charge in [0.2, 0.25) is 5.91 Å². The minimum absolute atomic E-state index is 0.181. The molecule has 3 rings (SSSR count). The second-order valence-electron chi connectivity index (χ2n) is 18.3. The van der Waals surface area contributed by atoms with Gasteiger partial charge in [0.05, 0.1) is 38.6 Å². The van der Waals surface area contributed by atoms with Gasteiger partial charge in [-0.3, -0.25) is 4.79 Å². The van der Waals surface area contributed by atoms with E-state index in [2.05, 4.69) is 36.5 Å². The molecule has 0 saturated carbocycles. The number of allylic oxidation sites excluding steroid dienone is 5. The van der Waals surface area contributed by atoms with Crippen molar-refractivity contribution in [2.75, 3.05) is 26.4 Å². The van der Waals surface area contributed by atoms with Crippen LogP contribution < -0.4 is 5.32 Å². The zero-order valence-corrected chi connectivity index (χ0v) is 40.3. The molecule has 19 heteroatoms. The third-order valence-corrected chi connectivity index (χ3v) is 12.6. The van der Waals surface area contributed by atoms with Crippen molar-refractivity contribution >= 4 is 5.91 Å². The van der Waals surface area contributed by atoms with Gasteiger partial charge in [-0.2, -0.15) is 0 Å². The molecule has 0 aromatic rings. The molecule has 396 valence electrons. The Morgan fingerprint density at radius 1 is 0.515 bits per heavy atom. The Kier molecular flexibility index (Phi) is 30.5. The molecule has 3 saturated heterocycles. The van der Waals surface area contributed by atoms with Crippen LogP contribution in [0.2, 0.25) is 0 Å². The van der Waals surface area contributed by atoms with Crippen molar-refractivity contribution in [3.8, 4) is 0 Å². The molecule has 17 atom stereocenters. The molecule has 3 heterocycles. The predicted molar refractivity (Wildman–Crippen MR) is 249 cm³/mol. The zero-order chi connectivity index (χ0) is 49.8. The maximum Gasteiger partial charge on any atom is 0.220 e. The van der Waals surface area contributed by atoms with Crippen molar-refractivity contribution in [1.29, 1.82) is 0 Å². The summed E-state index contributed by atoms with van der Waals surface area (Å²) < 4.78 is 33.8. The first-order valence-electron chi connectivity index (χ1n) is 25.2. The average Bonchev–Trinajstić information content (AvgIpc) is 3.33. The lowest BCUT2D eigenvalue weighted by Crippen LogP contribution is -2.66. The summed E-state index contributed by atoms with van der Waals surface area (Å²) in [6.45, 7) is 1.27. The summed E-state index contributed by atoms with van der Waals surface area (Å²) in [7, 11) is 0. The monoisotopic (exact) mass is 978 g/mol. The van der Waals surface area contributed by atoms with E-state index in [1.165, 1.54) is 77.0 Å². The number of rotatable bonds is 34. The molecule has 3 aliphatic heterocycles. The van der Waals surface area contributed by atoms with Crippen LogP contribution in [0.25, 0.3) is 0 Å². The van der Waals surface area contributed by atoms with Crippen molar-refractivity contribution < 1.29 is 89.4 Å². The smallest absolute Gasteiger partial charge is 0.220 e. The van der Waals surface area contributed by atoms with Gasteiger partial charge in [0.15, 0.2) is 18.9 Å². The highest BCUT2D eigenvalue weighted by atomic mass is 16.8. The molecule has 3 fully saturated rings. The third-order valence-electron chi connectivity index (χ3n) is 12.6. The van der Waals surface area contributed by atoms with Gasteiger partial charge in [-0.1, -0.05) is 121 Å². The molecule has 0 bridgehead atoms. The number of ether oxygens (including phenoxy) is 6. The van der Waals surface area contributed by atoms with Gasteiger partial charge in [-0.25, -0.2) is 0 Å². The molecule has 0 radical (unpaired) electrons. The van der Waals surface area contributed by atoms with E-state index in [1.807, 2.05) is 6.92 Å². The van der Waals surface area contributed by atoms with Gasteiger partial charge >= 0.3 is 0 Å². The van der Waals surface area contributed by atoms with Crippen molar-refractivity contribution in [3.63, 3.8) is 0 Å². The van der Waals surface area contributed by atoms with Gasteiger partial charge in [0, 0.05) is 6.42 Å². The van der Waals surface area contributed by atoms with Crippen LogP contribution in [0.15, 0.2) is 36.5 Å². The number of hydrogen-bond donors (Lipinski definition) is 12. The lowest BCUT2D eigenvalue weighted by molar-refractivity contribution is -0.379. The van der Waals surface area contributed by atoms with Crippen molar-refractivity contribution in [2.45, 2.75) is 240 Å². The Bertz CT molecular complexity index is 1400. The van der Waals surface area contributed by atoms with Crippen LogP contribution in [0.4, 0.5) is 0 Å². The fraction of sp³-hybridized carbons (Fsp3) is 0.857. The minimum Gasteiger partial charge on any atom is -0.394 e. The molecule has 17 unspecified atom stereocenters. The molecule has 3 aliphatic rings. The Balaban J connectivity index is 1.43. The first kappa shape index (κ1) is 60.3. The van der Waals surface area contributed by atoms with Crippen molar-refractivity contribution in [2.24, 2.45) is 0 Å². The van der Waals surface area contributed by atoms with Crippen LogP contribution in [0.5, 0.6) is 0 Å². The van der Waals surface area contributed by atoms with E-state index < -0.39 is 124 Å². The summed E-state index contributed by atoms with van der Waals surface area (Å²) in [5.74, 6) is -0.346. The fourth-order valence-electron chi connectivity index (χ4n) is 8.44. The second kappa shape index (κ2) is 34.4. The van der Waals surface area contributed by atoms with Crippen LogP contribution in [-0.4, -0.2) is 193 Å².